The van der Waals surface area contributed by atoms with E-state index < -0.39 is 29.7 Å². The Morgan fingerprint density at radius 2 is 2.00 bits per heavy atom. The van der Waals surface area contributed by atoms with Crippen molar-refractivity contribution in [1.82, 2.24) is 10.2 Å². The van der Waals surface area contributed by atoms with Gasteiger partial charge < -0.3 is 15.8 Å². The Morgan fingerprint density at radius 3 is 2.53 bits per heavy atom. The number of ether oxygens (including phenoxy) is 1. The number of hydrogen-bond donors (Lipinski definition) is 2. The van der Waals surface area contributed by atoms with Crippen molar-refractivity contribution in [3.05, 3.63) is 0 Å². The first-order chi connectivity index (χ1) is 8.70. The van der Waals surface area contributed by atoms with E-state index in [0.717, 1.165) is 11.3 Å². The van der Waals surface area contributed by atoms with Gasteiger partial charge in [-0.25, -0.2) is 9.59 Å². The highest BCUT2D eigenvalue weighted by atomic mass is 16.6. The number of alkyl carbamates (subject to hydrolysis) is 1. The molecule has 0 aromatic rings. The maximum Gasteiger partial charge on any atom is 0.408 e. The number of carbonyl (C=O) groups excluding carboxylic acids is 3. The first kappa shape index (κ1) is 15.3. The Bertz CT molecular complexity index is 376. The summed E-state index contributed by atoms with van der Waals surface area (Å²) < 4.78 is 5.09. The molecule has 0 bridgehead atoms. The van der Waals surface area contributed by atoms with E-state index in [1.165, 1.54) is 0 Å². The molecule has 1 saturated heterocycles. The lowest BCUT2D eigenvalue weighted by Gasteiger charge is -2.24. The van der Waals surface area contributed by atoms with Crippen LogP contribution in [0.2, 0.25) is 0 Å². The van der Waals surface area contributed by atoms with Gasteiger partial charge in [0.05, 0.1) is 0 Å². The summed E-state index contributed by atoms with van der Waals surface area (Å²) in [5.41, 5.74) is 4.51. The monoisotopic (exact) mass is 271 g/mol. The first-order valence-electron chi connectivity index (χ1n) is 6.31. The van der Waals surface area contributed by atoms with Crippen LogP contribution in [0.4, 0.5) is 9.59 Å². The van der Waals surface area contributed by atoms with Crippen LogP contribution in [0.15, 0.2) is 0 Å². The molecule has 1 atom stereocenters. The molecule has 3 N–H and O–H groups in total. The molecule has 7 heteroatoms. The van der Waals surface area contributed by atoms with Crippen molar-refractivity contribution < 1.29 is 19.1 Å². The maximum absolute atomic E-state index is 12.0. The topological polar surface area (TPSA) is 102 Å². The molecular formula is C12H21N3O4. The lowest BCUT2D eigenvalue weighted by atomic mass is 10.1. The van der Waals surface area contributed by atoms with Crippen LogP contribution < -0.4 is 11.1 Å². The van der Waals surface area contributed by atoms with Gasteiger partial charge in [0.15, 0.2) is 0 Å². The molecule has 4 amide bonds. The summed E-state index contributed by atoms with van der Waals surface area (Å²) in [5, 5.41) is 2.49. The molecule has 0 aromatic carbocycles. The largest absolute Gasteiger partial charge is 0.444 e. The number of urea groups is 1. The third-order valence-electron chi connectivity index (χ3n) is 2.65. The highest BCUT2D eigenvalue weighted by molar-refractivity contribution is 5.97. The number of amides is 4. The number of nitrogens with zero attached hydrogens (tertiary/aromatic N) is 1. The fraction of sp³-hybridized carbons (Fsp3) is 0.750. The molecule has 0 unspecified atom stereocenters. The van der Waals surface area contributed by atoms with Gasteiger partial charge in [-0.05, 0) is 40.0 Å². The quantitative estimate of drug-likeness (QED) is 0.741. The molecule has 7 nitrogen and oxygen atoms in total. The predicted molar refractivity (Wildman–Crippen MR) is 68.3 cm³/mol. The van der Waals surface area contributed by atoms with Gasteiger partial charge in [0.1, 0.15) is 11.6 Å². The molecule has 0 saturated carbocycles. The Kier molecular flexibility index (Phi) is 4.74. The lowest BCUT2D eigenvalue weighted by Crippen LogP contribution is -2.51. The Balaban J connectivity index is 2.67. The second-order valence-corrected chi connectivity index (χ2v) is 5.52. The third kappa shape index (κ3) is 4.76. The van der Waals surface area contributed by atoms with E-state index in [2.05, 4.69) is 5.32 Å². The minimum atomic E-state index is -0.789. The van der Waals surface area contributed by atoms with E-state index in [1.807, 2.05) is 0 Å². The van der Waals surface area contributed by atoms with E-state index in [-0.39, 0.29) is 0 Å². The van der Waals surface area contributed by atoms with Gasteiger partial charge in [-0.1, -0.05) is 0 Å². The van der Waals surface area contributed by atoms with Crippen molar-refractivity contribution in [3.63, 3.8) is 0 Å². The molecule has 0 aliphatic carbocycles. The van der Waals surface area contributed by atoms with Gasteiger partial charge in [-0.15, -0.1) is 0 Å². The van der Waals surface area contributed by atoms with Crippen molar-refractivity contribution in [2.24, 2.45) is 5.73 Å². The lowest BCUT2D eigenvalue weighted by molar-refractivity contribution is -0.129. The zero-order valence-electron chi connectivity index (χ0n) is 11.6. The summed E-state index contributed by atoms with van der Waals surface area (Å²) in [7, 11) is 0. The van der Waals surface area contributed by atoms with Crippen LogP contribution in [-0.2, 0) is 9.53 Å². The van der Waals surface area contributed by atoms with Crippen LogP contribution in [-0.4, -0.2) is 41.1 Å². The minimum Gasteiger partial charge on any atom is -0.444 e. The molecular weight excluding hydrogens is 250 g/mol. The number of hydrogen-bond acceptors (Lipinski definition) is 4. The number of carbonyl (C=O) groups is 3. The summed E-state index contributed by atoms with van der Waals surface area (Å²) in [5.74, 6) is -0.476. The van der Waals surface area contributed by atoms with E-state index in [1.54, 1.807) is 20.8 Å². The summed E-state index contributed by atoms with van der Waals surface area (Å²) in [6, 6.07) is -1.55. The number of primary amides is 1. The van der Waals surface area contributed by atoms with E-state index in [9.17, 15) is 14.4 Å². The zero-order chi connectivity index (χ0) is 14.6. The number of likely N-dealkylation sites (tertiary alicyclic amines) is 1. The Labute approximate surface area is 112 Å². The molecule has 1 aliphatic heterocycles. The van der Waals surface area contributed by atoms with Crippen LogP contribution in [0.3, 0.4) is 0 Å². The second kappa shape index (κ2) is 5.90. The summed E-state index contributed by atoms with van der Waals surface area (Å²) in [6.07, 6.45) is 1.22. The molecule has 1 fully saturated rings. The molecule has 0 aromatic heterocycles. The molecule has 1 rings (SSSR count). The summed E-state index contributed by atoms with van der Waals surface area (Å²) in [6.45, 7) is 5.49. The molecule has 0 radical (unpaired) electrons. The van der Waals surface area contributed by atoms with Gasteiger partial charge in [0.25, 0.3) is 5.91 Å². The molecule has 0 spiro atoms. The normalized spacial score (nSPS) is 20.7. The van der Waals surface area contributed by atoms with Crippen LogP contribution in [0.25, 0.3) is 0 Å². The van der Waals surface area contributed by atoms with Gasteiger partial charge in [-0.2, -0.15) is 0 Å². The van der Waals surface area contributed by atoms with Gasteiger partial charge in [0.2, 0.25) is 0 Å². The van der Waals surface area contributed by atoms with Gasteiger partial charge in [-0.3, -0.25) is 9.69 Å². The van der Waals surface area contributed by atoms with E-state index in [4.69, 9.17) is 10.5 Å². The van der Waals surface area contributed by atoms with E-state index in [0.29, 0.717) is 19.4 Å². The van der Waals surface area contributed by atoms with Gasteiger partial charge in [0, 0.05) is 6.54 Å². The average molecular weight is 271 g/mol. The molecule has 1 aliphatic rings. The maximum atomic E-state index is 12.0. The van der Waals surface area contributed by atoms with Crippen LogP contribution >= 0.6 is 0 Å². The average Bonchev–Trinajstić information content (AvgIpc) is 2.39. The number of nitrogens with one attached hydrogen (secondary N) is 1. The number of nitrogens with two attached hydrogens (primary N) is 1. The molecule has 1 heterocycles. The first-order valence-corrected chi connectivity index (χ1v) is 6.31. The fourth-order valence-electron chi connectivity index (χ4n) is 1.84. The summed E-state index contributed by atoms with van der Waals surface area (Å²) >= 11 is 0. The minimum absolute atomic E-state index is 0.292. The Hall–Kier alpha value is -1.79. The van der Waals surface area contributed by atoms with Crippen LogP contribution in [0.1, 0.15) is 40.0 Å². The van der Waals surface area contributed by atoms with Crippen LogP contribution in [0.5, 0.6) is 0 Å². The highest BCUT2D eigenvalue weighted by Gasteiger charge is 2.31. The van der Waals surface area contributed by atoms with Crippen molar-refractivity contribution in [1.29, 1.82) is 0 Å². The second-order valence-electron chi connectivity index (χ2n) is 5.52. The summed E-state index contributed by atoms with van der Waals surface area (Å²) in [4.78, 5) is 35.8. The van der Waals surface area contributed by atoms with Crippen molar-refractivity contribution in [3.8, 4) is 0 Å². The predicted octanol–water partition coefficient (Wildman–Crippen LogP) is 0.971. The van der Waals surface area contributed by atoms with Crippen molar-refractivity contribution >= 4 is 18.0 Å². The van der Waals surface area contributed by atoms with E-state index >= 15 is 0 Å². The smallest absolute Gasteiger partial charge is 0.408 e. The van der Waals surface area contributed by atoms with Crippen molar-refractivity contribution in [2.75, 3.05) is 6.54 Å². The molecule has 19 heavy (non-hydrogen) atoms. The van der Waals surface area contributed by atoms with Gasteiger partial charge >= 0.3 is 12.1 Å². The third-order valence-corrected chi connectivity index (χ3v) is 2.65. The van der Waals surface area contributed by atoms with Crippen LogP contribution in [0, 0.1) is 0 Å². The highest BCUT2D eigenvalue weighted by Crippen LogP contribution is 2.13. The number of rotatable bonds is 1. The Morgan fingerprint density at radius 1 is 1.37 bits per heavy atom. The zero-order valence-corrected chi connectivity index (χ0v) is 11.6. The standard InChI is InChI=1S/C12H21N3O4/c1-12(2,3)19-11(18)14-8-6-4-5-7-15(9(8)16)10(13)17/h8H,4-7H2,1-3H3,(H2,13,17)(H,14,18)/t8-/m0/s1. The SMILES string of the molecule is CC(C)(C)OC(=O)N[C@H]1CCCCN(C(N)=O)C1=O. The number of imide groups is 1. The fourth-order valence-corrected chi connectivity index (χ4v) is 1.84. The molecule has 108 valence electrons. The van der Waals surface area contributed by atoms with Crippen molar-refractivity contribution in [2.45, 2.75) is 51.7 Å².